The van der Waals surface area contributed by atoms with Gasteiger partial charge in [-0.25, -0.2) is 0 Å². The molecule has 1 N–H and O–H groups in total. The molecule has 0 saturated carbocycles. The average Bonchev–Trinajstić information content (AvgIpc) is 2.78. The summed E-state index contributed by atoms with van der Waals surface area (Å²) in [5.74, 6) is 0. The summed E-state index contributed by atoms with van der Waals surface area (Å²) in [5.41, 5.74) is -0.915. The zero-order chi connectivity index (χ0) is 13.2. The van der Waals surface area contributed by atoms with Crippen molar-refractivity contribution in [3.63, 3.8) is 0 Å². The van der Waals surface area contributed by atoms with Gasteiger partial charge in [-0.05, 0) is 19.8 Å². The summed E-state index contributed by atoms with van der Waals surface area (Å²) in [6.07, 6.45) is 1.88. The Hall–Kier alpha value is -0.200. The number of hydrogen-bond donors (Lipinski definition) is 1. The molecular weight excluding hydrogens is 236 g/mol. The zero-order valence-electron chi connectivity index (χ0n) is 11.5. The van der Waals surface area contributed by atoms with Gasteiger partial charge in [0.25, 0.3) is 0 Å². The Bertz CT molecular complexity index is 277. The summed E-state index contributed by atoms with van der Waals surface area (Å²) in [6.45, 7) is 3.62. The van der Waals surface area contributed by atoms with E-state index < -0.39 is 11.7 Å². The number of aliphatic hydroxyl groups excluding tert-OH is 1. The summed E-state index contributed by atoms with van der Waals surface area (Å²) in [6, 6.07) is 0. The summed E-state index contributed by atoms with van der Waals surface area (Å²) in [4.78, 5) is 0. The molecule has 2 fully saturated rings. The molecule has 0 aromatic heterocycles. The minimum atomic E-state index is -0.583. The second-order valence-corrected chi connectivity index (χ2v) is 5.43. The summed E-state index contributed by atoms with van der Waals surface area (Å²) in [7, 11) is 3.29. The van der Waals surface area contributed by atoms with Crippen LogP contribution in [0.5, 0.6) is 0 Å². The Morgan fingerprint density at radius 2 is 2.00 bits per heavy atom. The molecule has 5 nitrogen and oxygen atoms in total. The Labute approximate surface area is 108 Å². The third-order valence-corrected chi connectivity index (χ3v) is 4.15. The van der Waals surface area contributed by atoms with Gasteiger partial charge in [-0.3, -0.25) is 0 Å². The van der Waals surface area contributed by atoms with Crippen molar-refractivity contribution in [2.24, 2.45) is 0 Å². The fraction of sp³-hybridized carbons (Fsp3) is 1.00. The van der Waals surface area contributed by atoms with E-state index in [1.807, 2.05) is 6.92 Å². The van der Waals surface area contributed by atoms with Crippen LogP contribution in [0.4, 0.5) is 0 Å². The first-order chi connectivity index (χ1) is 8.58. The predicted molar refractivity (Wildman–Crippen MR) is 65.6 cm³/mol. The number of ether oxygens (including phenoxy) is 4. The first kappa shape index (κ1) is 14.2. The number of rotatable bonds is 7. The lowest BCUT2D eigenvalue weighted by atomic mass is 9.86. The van der Waals surface area contributed by atoms with Crippen LogP contribution < -0.4 is 0 Å². The highest BCUT2D eigenvalue weighted by atomic mass is 16.6. The van der Waals surface area contributed by atoms with Crippen molar-refractivity contribution in [1.82, 2.24) is 0 Å². The van der Waals surface area contributed by atoms with Crippen molar-refractivity contribution in [1.29, 1.82) is 0 Å². The Balaban J connectivity index is 1.99. The van der Waals surface area contributed by atoms with Gasteiger partial charge in [0.2, 0.25) is 0 Å². The van der Waals surface area contributed by atoms with Crippen LogP contribution in [0.3, 0.4) is 0 Å². The molecule has 0 aromatic rings. The molecule has 106 valence electrons. The van der Waals surface area contributed by atoms with E-state index in [0.29, 0.717) is 26.2 Å². The highest BCUT2D eigenvalue weighted by molar-refractivity contribution is 5.05. The molecule has 5 heteroatoms. The summed E-state index contributed by atoms with van der Waals surface area (Å²) in [5, 5.41) is 10.5. The Morgan fingerprint density at radius 3 is 2.44 bits per heavy atom. The van der Waals surface area contributed by atoms with Gasteiger partial charge in [0.15, 0.2) is 0 Å². The quantitative estimate of drug-likeness (QED) is 0.684. The maximum atomic E-state index is 10.5. The van der Waals surface area contributed by atoms with Crippen molar-refractivity contribution in [2.75, 3.05) is 34.0 Å². The van der Waals surface area contributed by atoms with E-state index in [-0.39, 0.29) is 11.7 Å². The van der Waals surface area contributed by atoms with E-state index in [9.17, 15) is 5.11 Å². The molecule has 2 heterocycles. The highest BCUT2D eigenvalue weighted by Gasteiger charge is 2.57. The molecule has 0 aromatic carbocycles. The lowest BCUT2D eigenvalue weighted by Crippen LogP contribution is -2.48. The Morgan fingerprint density at radius 1 is 1.33 bits per heavy atom. The van der Waals surface area contributed by atoms with Crippen LogP contribution in [-0.4, -0.2) is 62.6 Å². The fourth-order valence-corrected chi connectivity index (χ4v) is 2.94. The molecule has 2 saturated heterocycles. The molecule has 0 radical (unpaired) electrons. The van der Waals surface area contributed by atoms with Crippen LogP contribution >= 0.6 is 0 Å². The SMILES string of the molecule is COC[C@]1([C@@H](O)C[C@@]2(COC)O[C@@H]2C)CCCO1. The van der Waals surface area contributed by atoms with Gasteiger partial charge in [-0.15, -0.1) is 0 Å². The van der Waals surface area contributed by atoms with Crippen molar-refractivity contribution in [2.45, 2.75) is 49.6 Å². The monoisotopic (exact) mass is 260 g/mol. The van der Waals surface area contributed by atoms with Gasteiger partial charge < -0.3 is 24.1 Å². The lowest BCUT2D eigenvalue weighted by molar-refractivity contribution is -0.133. The third-order valence-electron chi connectivity index (χ3n) is 4.15. The molecule has 0 amide bonds. The lowest BCUT2D eigenvalue weighted by Gasteiger charge is -2.34. The molecular formula is C13H24O5. The highest BCUT2D eigenvalue weighted by Crippen LogP contribution is 2.44. The van der Waals surface area contributed by atoms with Crippen molar-refractivity contribution in [3.8, 4) is 0 Å². The van der Waals surface area contributed by atoms with Gasteiger partial charge in [-0.2, -0.15) is 0 Å². The standard InChI is InChI=1S/C13H24O5/c1-10-13(18-10,9-16-3)7-11(14)12(8-15-2)5-4-6-17-12/h10-11,14H,4-9H2,1-3H3/t10-,11+,12+,13+/m1/s1. The number of hydrogen-bond acceptors (Lipinski definition) is 5. The van der Waals surface area contributed by atoms with Crippen molar-refractivity contribution in [3.05, 3.63) is 0 Å². The van der Waals surface area contributed by atoms with Gasteiger partial charge in [0, 0.05) is 27.2 Å². The van der Waals surface area contributed by atoms with E-state index in [1.54, 1.807) is 14.2 Å². The van der Waals surface area contributed by atoms with E-state index in [2.05, 4.69) is 0 Å². The van der Waals surface area contributed by atoms with Gasteiger partial charge in [0.1, 0.15) is 11.2 Å². The number of aliphatic hydroxyl groups is 1. The second-order valence-electron chi connectivity index (χ2n) is 5.43. The van der Waals surface area contributed by atoms with Gasteiger partial charge in [0.05, 0.1) is 25.4 Å². The van der Waals surface area contributed by atoms with Crippen molar-refractivity contribution >= 4 is 0 Å². The first-order valence-corrected chi connectivity index (χ1v) is 6.56. The summed E-state index contributed by atoms with van der Waals surface area (Å²) < 4.78 is 21.8. The van der Waals surface area contributed by atoms with Gasteiger partial charge >= 0.3 is 0 Å². The van der Waals surface area contributed by atoms with Crippen LogP contribution in [-0.2, 0) is 18.9 Å². The average molecular weight is 260 g/mol. The summed E-state index contributed by atoms with van der Waals surface area (Å²) >= 11 is 0. The molecule has 2 aliphatic rings. The number of methoxy groups -OCH3 is 2. The normalized spacial score (nSPS) is 41.0. The van der Waals surface area contributed by atoms with Crippen LogP contribution in [0.1, 0.15) is 26.2 Å². The molecule has 2 aliphatic heterocycles. The fourth-order valence-electron chi connectivity index (χ4n) is 2.94. The van der Waals surface area contributed by atoms with Crippen LogP contribution in [0.15, 0.2) is 0 Å². The van der Waals surface area contributed by atoms with Crippen LogP contribution in [0, 0.1) is 0 Å². The molecule has 0 spiro atoms. The van der Waals surface area contributed by atoms with E-state index >= 15 is 0 Å². The maximum Gasteiger partial charge on any atom is 0.120 e. The first-order valence-electron chi connectivity index (χ1n) is 6.56. The van der Waals surface area contributed by atoms with E-state index in [1.165, 1.54) is 0 Å². The smallest absolute Gasteiger partial charge is 0.120 e. The molecule has 18 heavy (non-hydrogen) atoms. The molecule has 0 aliphatic carbocycles. The molecule has 0 unspecified atom stereocenters. The molecule has 4 atom stereocenters. The van der Waals surface area contributed by atoms with Crippen LogP contribution in [0.2, 0.25) is 0 Å². The number of epoxide rings is 1. The van der Waals surface area contributed by atoms with Gasteiger partial charge in [-0.1, -0.05) is 0 Å². The Kier molecular flexibility index (Phi) is 4.29. The zero-order valence-corrected chi connectivity index (χ0v) is 11.5. The largest absolute Gasteiger partial charge is 0.390 e. The molecule has 0 bridgehead atoms. The second kappa shape index (κ2) is 5.43. The van der Waals surface area contributed by atoms with E-state index in [0.717, 1.165) is 12.8 Å². The third kappa shape index (κ3) is 2.56. The topological polar surface area (TPSA) is 60.5 Å². The van der Waals surface area contributed by atoms with E-state index in [4.69, 9.17) is 18.9 Å². The van der Waals surface area contributed by atoms with Crippen LogP contribution in [0.25, 0.3) is 0 Å². The maximum absolute atomic E-state index is 10.5. The minimum Gasteiger partial charge on any atom is -0.390 e. The minimum absolute atomic E-state index is 0.132. The predicted octanol–water partition coefficient (Wildman–Crippen LogP) is 0.737. The molecule has 2 rings (SSSR count). The van der Waals surface area contributed by atoms with Crippen molar-refractivity contribution < 1.29 is 24.1 Å².